The van der Waals surface area contributed by atoms with E-state index in [1.54, 1.807) is 25.1 Å². The highest BCUT2D eigenvalue weighted by Gasteiger charge is 2.32. The fourth-order valence-corrected chi connectivity index (χ4v) is 3.76. The maximum atomic E-state index is 12.8. The zero-order valence-corrected chi connectivity index (χ0v) is 16.0. The molecule has 1 unspecified atom stereocenters. The Kier molecular flexibility index (Phi) is 4.63. The predicted molar refractivity (Wildman–Crippen MR) is 105 cm³/mol. The Bertz CT molecular complexity index is 966. The van der Waals surface area contributed by atoms with E-state index in [0.29, 0.717) is 23.4 Å². The fraction of sp³-hybridized carbons (Fsp3) is 0.318. The van der Waals surface area contributed by atoms with Gasteiger partial charge in [-0.1, -0.05) is 23.8 Å². The van der Waals surface area contributed by atoms with Crippen molar-refractivity contribution in [1.82, 2.24) is 0 Å². The Labute approximate surface area is 163 Å². The van der Waals surface area contributed by atoms with E-state index in [1.165, 1.54) is 10.5 Å². The first kappa shape index (κ1) is 18.2. The molecule has 0 saturated carbocycles. The van der Waals surface area contributed by atoms with E-state index in [-0.39, 0.29) is 30.6 Å². The van der Waals surface area contributed by atoms with Crippen LogP contribution in [0.4, 0.5) is 11.4 Å². The summed E-state index contributed by atoms with van der Waals surface area (Å²) < 4.78 is 5.89. The van der Waals surface area contributed by atoms with Crippen molar-refractivity contribution in [2.24, 2.45) is 0 Å². The lowest BCUT2D eigenvalue weighted by molar-refractivity contribution is -0.123. The number of ether oxygens (including phenoxy) is 1. The molecule has 28 heavy (non-hydrogen) atoms. The number of hydrogen-bond acceptors (Lipinski definition) is 4. The summed E-state index contributed by atoms with van der Waals surface area (Å²) in [4.78, 5) is 38.1. The highest BCUT2D eigenvalue weighted by Crippen LogP contribution is 2.32. The van der Waals surface area contributed by atoms with Gasteiger partial charge in [0.15, 0.2) is 6.10 Å². The lowest BCUT2D eigenvalue weighted by Gasteiger charge is -2.26. The van der Waals surface area contributed by atoms with E-state index in [2.05, 4.69) is 11.4 Å². The number of rotatable bonds is 3. The second-order valence-corrected chi connectivity index (χ2v) is 7.32. The van der Waals surface area contributed by atoms with Gasteiger partial charge in [0.2, 0.25) is 11.8 Å². The summed E-state index contributed by atoms with van der Waals surface area (Å²) >= 11 is 0. The Hall–Kier alpha value is -3.15. The number of amides is 3. The lowest BCUT2D eigenvalue weighted by atomic mass is 10.00. The van der Waals surface area contributed by atoms with Crippen LogP contribution in [0, 0.1) is 13.8 Å². The number of nitrogens with one attached hydrogen (secondary N) is 1. The molecule has 1 fully saturated rings. The van der Waals surface area contributed by atoms with Gasteiger partial charge in [-0.25, -0.2) is 0 Å². The third kappa shape index (κ3) is 3.26. The molecule has 0 aliphatic carbocycles. The van der Waals surface area contributed by atoms with Crippen LogP contribution in [0.3, 0.4) is 0 Å². The third-order valence-corrected chi connectivity index (χ3v) is 5.31. The summed E-state index contributed by atoms with van der Waals surface area (Å²) in [5, 5.41) is 2.90. The Morgan fingerprint density at radius 2 is 1.82 bits per heavy atom. The molecule has 2 heterocycles. The van der Waals surface area contributed by atoms with Crippen molar-refractivity contribution in [1.29, 1.82) is 0 Å². The van der Waals surface area contributed by atoms with Gasteiger partial charge in [-0.05, 0) is 56.0 Å². The first-order valence-electron chi connectivity index (χ1n) is 9.46. The Balaban J connectivity index is 1.52. The molecule has 4 rings (SSSR count). The van der Waals surface area contributed by atoms with E-state index in [9.17, 15) is 14.4 Å². The summed E-state index contributed by atoms with van der Waals surface area (Å²) in [5.41, 5.74) is 4.08. The largest absolute Gasteiger partial charge is 0.480 e. The topological polar surface area (TPSA) is 75.7 Å². The summed E-state index contributed by atoms with van der Waals surface area (Å²) in [6.45, 7) is 3.83. The van der Waals surface area contributed by atoms with Crippen molar-refractivity contribution >= 4 is 29.1 Å². The molecule has 0 spiro atoms. The van der Waals surface area contributed by atoms with Gasteiger partial charge in [-0.2, -0.15) is 0 Å². The van der Waals surface area contributed by atoms with E-state index in [0.717, 1.165) is 17.7 Å². The molecule has 6 nitrogen and oxygen atoms in total. The molecule has 1 saturated heterocycles. The van der Waals surface area contributed by atoms with Crippen LogP contribution in [0.1, 0.15) is 36.0 Å². The minimum Gasteiger partial charge on any atom is -0.480 e. The minimum atomic E-state index is -0.576. The first-order chi connectivity index (χ1) is 13.4. The van der Waals surface area contributed by atoms with Gasteiger partial charge in [0.1, 0.15) is 5.75 Å². The molecule has 3 amide bonds. The van der Waals surface area contributed by atoms with Gasteiger partial charge in [-0.15, -0.1) is 0 Å². The first-order valence-corrected chi connectivity index (χ1v) is 9.46. The number of benzene rings is 2. The number of nitrogens with zero attached hydrogens (tertiary/aromatic N) is 1. The normalized spacial score (nSPS) is 18.6. The van der Waals surface area contributed by atoms with Gasteiger partial charge in [0, 0.05) is 18.5 Å². The van der Waals surface area contributed by atoms with E-state index in [1.807, 2.05) is 19.1 Å². The number of hydrogen-bond donors (Lipinski definition) is 1. The molecule has 6 heteroatoms. The van der Waals surface area contributed by atoms with Crippen molar-refractivity contribution in [3.05, 3.63) is 53.1 Å². The van der Waals surface area contributed by atoms with Gasteiger partial charge in [0.25, 0.3) is 5.91 Å². The fourth-order valence-electron chi connectivity index (χ4n) is 3.76. The number of aryl methyl sites for hydroxylation is 2. The van der Waals surface area contributed by atoms with Crippen LogP contribution in [0.5, 0.6) is 5.75 Å². The maximum absolute atomic E-state index is 12.8. The van der Waals surface area contributed by atoms with E-state index < -0.39 is 6.10 Å². The maximum Gasteiger partial charge on any atom is 0.265 e. The average Bonchev–Trinajstić information content (AvgIpc) is 3.01. The summed E-state index contributed by atoms with van der Waals surface area (Å²) in [6, 6.07) is 11.2. The molecule has 2 aliphatic heterocycles. The molecule has 0 bridgehead atoms. The molecular weight excluding hydrogens is 356 g/mol. The highest BCUT2D eigenvalue weighted by atomic mass is 16.5. The Morgan fingerprint density at radius 1 is 1.07 bits per heavy atom. The van der Waals surface area contributed by atoms with Crippen molar-refractivity contribution in [3.8, 4) is 5.75 Å². The van der Waals surface area contributed by atoms with Crippen LogP contribution in [-0.2, 0) is 20.8 Å². The summed E-state index contributed by atoms with van der Waals surface area (Å²) in [6.07, 6.45) is 1.26. The number of imide groups is 1. The Morgan fingerprint density at radius 3 is 2.57 bits per heavy atom. The molecule has 144 valence electrons. The quantitative estimate of drug-likeness (QED) is 0.832. The van der Waals surface area contributed by atoms with Gasteiger partial charge < -0.3 is 10.1 Å². The zero-order valence-electron chi connectivity index (χ0n) is 16.0. The number of anilines is 2. The molecule has 0 radical (unpaired) electrons. The van der Waals surface area contributed by atoms with Gasteiger partial charge >= 0.3 is 0 Å². The molecule has 1 N–H and O–H groups in total. The zero-order chi connectivity index (χ0) is 19.8. The number of carbonyl (C=O) groups excluding carboxylic acids is 3. The van der Waals surface area contributed by atoms with Crippen molar-refractivity contribution in [3.63, 3.8) is 0 Å². The second-order valence-electron chi connectivity index (χ2n) is 7.32. The minimum absolute atomic E-state index is 0.209. The van der Waals surface area contributed by atoms with Gasteiger partial charge in [0.05, 0.1) is 5.69 Å². The van der Waals surface area contributed by atoms with Crippen LogP contribution in [0.25, 0.3) is 0 Å². The average molecular weight is 378 g/mol. The van der Waals surface area contributed by atoms with E-state index >= 15 is 0 Å². The smallest absolute Gasteiger partial charge is 0.265 e. The number of fused-ring (bicyclic) bond motifs is 1. The van der Waals surface area contributed by atoms with Crippen LogP contribution in [0.2, 0.25) is 0 Å². The predicted octanol–water partition coefficient (Wildman–Crippen LogP) is 3.29. The number of carbonyl (C=O) groups is 3. The SMILES string of the molecule is Cc1ccc2c(c1)CCC(C(=O)Nc1cccc(N3C(=O)CCC3=O)c1C)O2. The monoisotopic (exact) mass is 378 g/mol. The van der Waals surface area contributed by atoms with Gasteiger partial charge in [-0.3, -0.25) is 19.3 Å². The summed E-state index contributed by atoms with van der Waals surface area (Å²) in [5.74, 6) is 0.0967. The molecular formula is C22H22N2O4. The molecule has 2 aromatic carbocycles. The third-order valence-electron chi connectivity index (χ3n) is 5.31. The van der Waals surface area contributed by atoms with Crippen LogP contribution < -0.4 is 15.0 Å². The highest BCUT2D eigenvalue weighted by molar-refractivity contribution is 6.20. The van der Waals surface area contributed by atoms with Crippen LogP contribution in [-0.4, -0.2) is 23.8 Å². The second kappa shape index (κ2) is 7.11. The van der Waals surface area contributed by atoms with Crippen LogP contribution >= 0.6 is 0 Å². The molecule has 2 aromatic rings. The van der Waals surface area contributed by atoms with Crippen molar-refractivity contribution in [2.75, 3.05) is 10.2 Å². The van der Waals surface area contributed by atoms with Crippen molar-refractivity contribution in [2.45, 2.75) is 45.6 Å². The van der Waals surface area contributed by atoms with E-state index in [4.69, 9.17) is 4.74 Å². The lowest BCUT2D eigenvalue weighted by Crippen LogP contribution is -2.36. The molecule has 1 atom stereocenters. The molecule has 0 aromatic heterocycles. The van der Waals surface area contributed by atoms with Crippen molar-refractivity contribution < 1.29 is 19.1 Å². The standard InChI is InChI=1S/C22H22N2O4/c1-13-6-8-18-15(12-13)7-9-19(28-18)22(27)23-16-4-3-5-17(14(16)2)24-20(25)10-11-21(24)26/h3-6,8,12,19H,7,9-11H2,1-2H3,(H,23,27). The van der Waals surface area contributed by atoms with Crippen LogP contribution in [0.15, 0.2) is 36.4 Å². The summed E-state index contributed by atoms with van der Waals surface area (Å²) in [7, 11) is 0. The molecule has 2 aliphatic rings.